The number of hydrogen-bond acceptors (Lipinski definition) is 4. The van der Waals surface area contributed by atoms with Crippen molar-refractivity contribution >= 4 is 16.9 Å². The number of H-pyrrole nitrogens is 1. The highest BCUT2D eigenvalue weighted by molar-refractivity contribution is 5.80. The van der Waals surface area contributed by atoms with Crippen LogP contribution in [-0.4, -0.2) is 21.6 Å². The van der Waals surface area contributed by atoms with E-state index >= 15 is 0 Å². The van der Waals surface area contributed by atoms with E-state index in [1.54, 1.807) is 0 Å². The zero-order valence-corrected chi connectivity index (χ0v) is 10.6. The van der Waals surface area contributed by atoms with Crippen LogP contribution in [0.15, 0.2) is 36.4 Å². The van der Waals surface area contributed by atoms with Crippen LogP contribution in [0.2, 0.25) is 0 Å². The molecule has 0 radical (unpaired) electrons. The summed E-state index contributed by atoms with van der Waals surface area (Å²) in [7, 11) is 0. The number of anilines is 1. The van der Waals surface area contributed by atoms with E-state index in [1.165, 1.54) is 0 Å². The molecule has 0 saturated carbocycles. The molecule has 0 bridgehead atoms. The molecule has 3 aromatic rings. The minimum Gasteiger partial charge on any atom is -0.478 e. The van der Waals surface area contributed by atoms with Gasteiger partial charge in [-0.3, -0.25) is 0 Å². The Hall–Kier alpha value is -2.56. The first kappa shape index (κ1) is 11.5. The lowest BCUT2D eigenvalue weighted by molar-refractivity contribution is 0.328. The Morgan fingerprint density at radius 2 is 2.00 bits per heavy atom. The Morgan fingerprint density at radius 3 is 2.79 bits per heavy atom. The average molecular weight is 254 g/mol. The standard InChI is InChI=1S/C14H14N4O/c1-2-19-12-8-7-11-14(17-12)18-13(16-11)9-5-3-4-6-10(9)15/h3-8H,2,15H2,1H3,(H,16,17,18). The summed E-state index contributed by atoms with van der Waals surface area (Å²) in [5, 5.41) is 0. The third-order valence-electron chi connectivity index (χ3n) is 2.83. The molecule has 0 amide bonds. The number of hydrogen-bond donors (Lipinski definition) is 2. The van der Waals surface area contributed by atoms with Crippen LogP contribution < -0.4 is 10.5 Å². The van der Waals surface area contributed by atoms with Gasteiger partial charge in [0.05, 0.1) is 12.1 Å². The monoisotopic (exact) mass is 254 g/mol. The van der Waals surface area contributed by atoms with E-state index in [4.69, 9.17) is 10.5 Å². The number of rotatable bonds is 3. The zero-order valence-electron chi connectivity index (χ0n) is 10.6. The fourth-order valence-corrected chi connectivity index (χ4v) is 1.94. The number of nitrogens with two attached hydrogens (primary N) is 1. The molecule has 2 heterocycles. The van der Waals surface area contributed by atoms with Crippen molar-refractivity contribution in [2.45, 2.75) is 6.92 Å². The largest absolute Gasteiger partial charge is 0.478 e. The van der Waals surface area contributed by atoms with E-state index in [1.807, 2.05) is 43.3 Å². The highest BCUT2D eigenvalue weighted by atomic mass is 16.5. The van der Waals surface area contributed by atoms with Gasteiger partial charge < -0.3 is 15.5 Å². The van der Waals surface area contributed by atoms with Gasteiger partial charge in [0.25, 0.3) is 0 Å². The number of aromatic nitrogens is 3. The Bertz CT molecular complexity index is 720. The third kappa shape index (κ3) is 2.10. The zero-order chi connectivity index (χ0) is 13.2. The van der Waals surface area contributed by atoms with Crippen molar-refractivity contribution in [3.05, 3.63) is 36.4 Å². The maximum Gasteiger partial charge on any atom is 0.215 e. The minimum atomic E-state index is 0.578. The number of nitrogens with zero attached hydrogens (tertiary/aromatic N) is 2. The molecule has 0 spiro atoms. The first-order valence-corrected chi connectivity index (χ1v) is 6.12. The lowest BCUT2D eigenvalue weighted by Crippen LogP contribution is -1.93. The average Bonchev–Trinajstić information content (AvgIpc) is 2.82. The van der Waals surface area contributed by atoms with Crippen molar-refractivity contribution in [2.24, 2.45) is 0 Å². The van der Waals surface area contributed by atoms with Crippen LogP contribution >= 0.6 is 0 Å². The van der Waals surface area contributed by atoms with Crippen LogP contribution in [0, 0.1) is 0 Å². The number of nitrogens with one attached hydrogen (secondary N) is 1. The molecule has 0 atom stereocenters. The van der Waals surface area contributed by atoms with Crippen molar-refractivity contribution in [1.29, 1.82) is 0 Å². The molecule has 0 aliphatic rings. The van der Waals surface area contributed by atoms with Gasteiger partial charge in [-0.2, -0.15) is 4.98 Å². The molecule has 0 aliphatic carbocycles. The van der Waals surface area contributed by atoms with E-state index in [-0.39, 0.29) is 0 Å². The molecule has 0 aliphatic heterocycles. The predicted molar refractivity (Wildman–Crippen MR) is 74.9 cm³/mol. The molecule has 2 aromatic heterocycles. The number of fused-ring (bicyclic) bond motifs is 1. The molecular formula is C14H14N4O. The maximum absolute atomic E-state index is 5.95. The number of pyridine rings is 1. The summed E-state index contributed by atoms with van der Waals surface area (Å²) in [5.41, 5.74) is 9.00. The fraction of sp³-hybridized carbons (Fsp3) is 0.143. The molecule has 5 nitrogen and oxygen atoms in total. The van der Waals surface area contributed by atoms with Crippen LogP contribution in [-0.2, 0) is 0 Å². The molecule has 0 fully saturated rings. The second kappa shape index (κ2) is 4.61. The maximum atomic E-state index is 5.95. The van der Waals surface area contributed by atoms with Gasteiger partial charge in [-0.1, -0.05) is 12.1 Å². The lowest BCUT2D eigenvalue weighted by atomic mass is 10.2. The Labute approximate surface area is 110 Å². The van der Waals surface area contributed by atoms with Gasteiger partial charge in [0.2, 0.25) is 5.88 Å². The SMILES string of the molecule is CCOc1ccc2[nH]c(-c3ccccc3N)nc2n1. The van der Waals surface area contributed by atoms with E-state index in [9.17, 15) is 0 Å². The number of para-hydroxylation sites is 1. The number of nitrogen functional groups attached to an aromatic ring is 1. The third-order valence-corrected chi connectivity index (χ3v) is 2.83. The van der Waals surface area contributed by atoms with Crippen molar-refractivity contribution in [3.8, 4) is 17.3 Å². The summed E-state index contributed by atoms with van der Waals surface area (Å²) in [4.78, 5) is 12.0. The number of ether oxygens (including phenoxy) is 1. The van der Waals surface area contributed by atoms with E-state index in [0.717, 1.165) is 11.1 Å². The van der Waals surface area contributed by atoms with Gasteiger partial charge >= 0.3 is 0 Å². The summed E-state index contributed by atoms with van der Waals surface area (Å²) in [6, 6.07) is 11.3. The van der Waals surface area contributed by atoms with Crippen molar-refractivity contribution < 1.29 is 4.74 Å². The molecular weight excluding hydrogens is 240 g/mol. The van der Waals surface area contributed by atoms with Gasteiger partial charge in [-0.25, -0.2) is 4.98 Å². The summed E-state index contributed by atoms with van der Waals surface area (Å²) >= 11 is 0. The molecule has 5 heteroatoms. The fourth-order valence-electron chi connectivity index (χ4n) is 1.94. The summed E-state index contributed by atoms with van der Waals surface area (Å²) in [6.07, 6.45) is 0. The van der Waals surface area contributed by atoms with Gasteiger partial charge in [0.15, 0.2) is 5.65 Å². The smallest absolute Gasteiger partial charge is 0.215 e. The quantitative estimate of drug-likeness (QED) is 0.704. The van der Waals surface area contributed by atoms with Crippen LogP contribution in [0.25, 0.3) is 22.6 Å². The van der Waals surface area contributed by atoms with E-state index in [2.05, 4.69) is 15.0 Å². The van der Waals surface area contributed by atoms with Gasteiger partial charge in [-0.15, -0.1) is 0 Å². The van der Waals surface area contributed by atoms with E-state index < -0.39 is 0 Å². The van der Waals surface area contributed by atoms with Gasteiger partial charge in [-0.05, 0) is 25.1 Å². The second-order valence-corrected chi connectivity index (χ2v) is 4.13. The predicted octanol–water partition coefficient (Wildman–Crippen LogP) is 2.61. The second-order valence-electron chi connectivity index (χ2n) is 4.13. The first-order chi connectivity index (χ1) is 9.28. The Balaban J connectivity index is 2.09. The number of benzene rings is 1. The van der Waals surface area contributed by atoms with Gasteiger partial charge in [0, 0.05) is 17.3 Å². The highest BCUT2D eigenvalue weighted by Gasteiger charge is 2.09. The van der Waals surface area contributed by atoms with Crippen molar-refractivity contribution in [3.63, 3.8) is 0 Å². The molecule has 19 heavy (non-hydrogen) atoms. The molecule has 96 valence electrons. The highest BCUT2D eigenvalue weighted by Crippen LogP contribution is 2.25. The molecule has 3 N–H and O–H groups in total. The molecule has 1 aromatic carbocycles. The number of imidazole rings is 1. The van der Waals surface area contributed by atoms with Gasteiger partial charge in [0.1, 0.15) is 5.82 Å². The number of aromatic amines is 1. The van der Waals surface area contributed by atoms with Crippen molar-refractivity contribution in [2.75, 3.05) is 12.3 Å². The molecule has 3 rings (SSSR count). The normalized spacial score (nSPS) is 10.8. The Morgan fingerprint density at radius 1 is 1.16 bits per heavy atom. The topological polar surface area (TPSA) is 76.8 Å². The lowest BCUT2D eigenvalue weighted by Gasteiger charge is -1.99. The summed E-state index contributed by atoms with van der Waals surface area (Å²) in [5.74, 6) is 1.29. The molecule has 0 saturated heterocycles. The van der Waals surface area contributed by atoms with Crippen LogP contribution in [0.4, 0.5) is 5.69 Å². The Kier molecular flexibility index (Phi) is 2.79. The summed E-state index contributed by atoms with van der Waals surface area (Å²) in [6.45, 7) is 2.51. The minimum absolute atomic E-state index is 0.578. The summed E-state index contributed by atoms with van der Waals surface area (Å²) < 4.78 is 5.36. The van der Waals surface area contributed by atoms with Crippen LogP contribution in [0.1, 0.15) is 6.92 Å². The van der Waals surface area contributed by atoms with E-state index in [0.29, 0.717) is 29.6 Å². The van der Waals surface area contributed by atoms with Crippen molar-refractivity contribution in [1.82, 2.24) is 15.0 Å². The first-order valence-electron chi connectivity index (χ1n) is 6.12. The van der Waals surface area contributed by atoms with Crippen LogP contribution in [0.3, 0.4) is 0 Å². The van der Waals surface area contributed by atoms with Crippen LogP contribution in [0.5, 0.6) is 5.88 Å². The molecule has 0 unspecified atom stereocenters.